The monoisotopic (exact) mass is 452 g/mol. The van der Waals surface area contributed by atoms with Crippen molar-refractivity contribution in [3.8, 4) is 5.69 Å². The molecule has 3 aromatic rings. The Morgan fingerprint density at radius 2 is 1.72 bits per heavy atom. The fourth-order valence-corrected chi connectivity index (χ4v) is 4.08. The van der Waals surface area contributed by atoms with Crippen molar-refractivity contribution in [1.82, 2.24) is 4.57 Å². The number of aryl methyl sites for hydroxylation is 3. The van der Waals surface area contributed by atoms with Gasteiger partial charge in [0.1, 0.15) is 5.56 Å². The highest BCUT2D eigenvalue weighted by atomic mass is 79.9. The van der Waals surface area contributed by atoms with Gasteiger partial charge in [-0.2, -0.15) is 0 Å². The van der Waals surface area contributed by atoms with E-state index in [1.165, 1.54) is 0 Å². The molecule has 150 valence electrons. The van der Waals surface area contributed by atoms with E-state index in [9.17, 15) is 9.59 Å². The second-order valence-electron chi connectivity index (χ2n) is 7.28. The number of carbonyl (C=O) groups is 1. The van der Waals surface area contributed by atoms with E-state index in [4.69, 9.17) is 0 Å². The second-order valence-corrected chi connectivity index (χ2v) is 8.07. The molecule has 1 amide bonds. The van der Waals surface area contributed by atoms with E-state index in [1.54, 1.807) is 0 Å². The number of hydrogen-bond acceptors (Lipinski definition) is 2. The molecule has 0 spiro atoms. The van der Waals surface area contributed by atoms with Gasteiger partial charge in [-0.25, -0.2) is 0 Å². The third-order valence-corrected chi connectivity index (χ3v) is 6.18. The molecule has 5 heteroatoms. The largest absolute Gasteiger partial charge is 0.321 e. The lowest BCUT2D eigenvalue weighted by molar-refractivity contribution is 0.102. The van der Waals surface area contributed by atoms with Gasteiger partial charge in [0.2, 0.25) is 5.43 Å². The van der Waals surface area contributed by atoms with Crippen LogP contribution in [-0.2, 0) is 6.42 Å². The van der Waals surface area contributed by atoms with Crippen LogP contribution in [0.15, 0.2) is 51.7 Å². The van der Waals surface area contributed by atoms with Gasteiger partial charge in [-0.1, -0.05) is 37.3 Å². The van der Waals surface area contributed by atoms with Crippen molar-refractivity contribution in [2.75, 3.05) is 5.32 Å². The van der Waals surface area contributed by atoms with Crippen molar-refractivity contribution in [2.45, 2.75) is 41.0 Å². The van der Waals surface area contributed by atoms with Crippen molar-refractivity contribution in [1.29, 1.82) is 0 Å². The van der Waals surface area contributed by atoms with Crippen molar-refractivity contribution in [3.63, 3.8) is 0 Å². The van der Waals surface area contributed by atoms with Crippen LogP contribution in [0.2, 0.25) is 0 Å². The molecule has 0 bridgehead atoms. The molecule has 4 nitrogen and oxygen atoms in total. The lowest BCUT2D eigenvalue weighted by Gasteiger charge is -2.20. The summed E-state index contributed by atoms with van der Waals surface area (Å²) in [6.45, 7) is 9.71. The first-order valence-electron chi connectivity index (χ1n) is 9.64. The Hall–Kier alpha value is -2.66. The Kier molecular flexibility index (Phi) is 6.08. The number of benzene rings is 2. The molecule has 0 fully saturated rings. The summed E-state index contributed by atoms with van der Waals surface area (Å²) in [5.41, 5.74) is 6.04. The van der Waals surface area contributed by atoms with Crippen LogP contribution in [0.4, 0.5) is 5.69 Å². The minimum Gasteiger partial charge on any atom is -0.321 e. The zero-order valence-corrected chi connectivity index (χ0v) is 19.0. The Morgan fingerprint density at radius 3 is 2.38 bits per heavy atom. The normalized spacial score (nSPS) is 10.8. The summed E-state index contributed by atoms with van der Waals surface area (Å²) in [6, 6.07) is 13.9. The van der Waals surface area contributed by atoms with E-state index >= 15 is 0 Å². The quantitative estimate of drug-likeness (QED) is 0.555. The number of pyridine rings is 1. The van der Waals surface area contributed by atoms with Crippen LogP contribution >= 0.6 is 15.9 Å². The summed E-state index contributed by atoms with van der Waals surface area (Å²) in [4.78, 5) is 26.3. The van der Waals surface area contributed by atoms with Gasteiger partial charge in [0.05, 0.1) is 4.47 Å². The summed E-state index contributed by atoms with van der Waals surface area (Å²) in [5.74, 6) is -0.390. The highest BCUT2D eigenvalue weighted by molar-refractivity contribution is 9.10. The SMILES string of the molecule is CCc1cccc(C)c1NC(=O)c1c(C)n(-c2cccc(C)c2)c(C)c(Br)c1=O. The van der Waals surface area contributed by atoms with Gasteiger partial charge in [0.15, 0.2) is 0 Å². The number of anilines is 1. The average molecular weight is 453 g/mol. The van der Waals surface area contributed by atoms with E-state index in [0.717, 1.165) is 40.2 Å². The molecule has 3 rings (SSSR count). The number of carbonyl (C=O) groups excluding carboxylic acids is 1. The van der Waals surface area contributed by atoms with Crippen molar-refractivity contribution in [2.24, 2.45) is 0 Å². The molecule has 1 heterocycles. The summed E-state index contributed by atoms with van der Waals surface area (Å²) in [7, 11) is 0. The Morgan fingerprint density at radius 1 is 1.03 bits per heavy atom. The van der Waals surface area contributed by atoms with Gasteiger partial charge in [0, 0.05) is 22.8 Å². The molecule has 0 unspecified atom stereocenters. The van der Waals surface area contributed by atoms with Gasteiger partial charge < -0.3 is 9.88 Å². The number of aromatic nitrogens is 1. The first kappa shape index (κ1) is 21.1. The molecule has 29 heavy (non-hydrogen) atoms. The van der Waals surface area contributed by atoms with Crippen LogP contribution < -0.4 is 10.7 Å². The van der Waals surface area contributed by atoms with Gasteiger partial charge in [0.25, 0.3) is 5.91 Å². The molecular formula is C24H25BrN2O2. The summed E-state index contributed by atoms with van der Waals surface area (Å²) < 4.78 is 2.35. The molecular weight excluding hydrogens is 428 g/mol. The number of halogens is 1. The number of nitrogens with one attached hydrogen (secondary N) is 1. The molecule has 0 aliphatic carbocycles. The van der Waals surface area contributed by atoms with Crippen LogP contribution in [0.3, 0.4) is 0 Å². The third kappa shape index (κ3) is 3.92. The third-order valence-electron chi connectivity index (χ3n) is 5.24. The fourth-order valence-electron chi connectivity index (χ4n) is 3.70. The maximum Gasteiger partial charge on any atom is 0.261 e. The van der Waals surface area contributed by atoms with Crippen molar-refractivity contribution >= 4 is 27.5 Å². The first-order valence-corrected chi connectivity index (χ1v) is 10.4. The molecule has 0 aliphatic rings. The van der Waals surface area contributed by atoms with E-state index in [2.05, 4.69) is 21.2 Å². The Bertz CT molecular complexity index is 1160. The van der Waals surface area contributed by atoms with E-state index in [0.29, 0.717) is 10.2 Å². The number of nitrogens with zero attached hydrogens (tertiary/aromatic N) is 1. The number of rotatable bonds is 4. The maximum atomic E-state index is 13.2. The second kappa shape index (κ2) is 8.37. The van der Waals surface area contributed by atoms with Gasteiger partial charge in [-0.3, -0.25) is 9.59 Å². The van der Waals surface area contributed by atoms with Crippen LogP contribution in [0.5, 0.6) is 0 Å². The highest BCUT2D eigenvalue weighted by Crippen LogP contribution is 2.25. The van der Waals surface area contributed by atoms with Crippen LogP contribution in [0, 0.1) is 27.7 Å². The summed E-state index contributed by atoms with van der Waals surface area (Å²) in [5, 5.41) is 2.99. The van der Waals surface area contributed by atoms with Crippen molar-refractivity contribution in [3.05, 3.63) is 90.8 Å². The molecule has 0 saturated carbocycles. The Labute approximate surface area is 179 Å². The Balaban J connectivity index is 2.18. The zero-order chi connectivity index (χ0) is 21.3. The predicted octanol–water partition coefficient (Wildman–Crippen LogP) is 5.65. The summed E-state index contributed by atoms with van der Waals surface area (Å²) in [6.07, 6.45) is 0.793. The van der Waals surface area contributed by atoms with Crippen LogP contribution in [0.1, 0.15) is 45.4 Å². The molecule has 2 aromatic carbocycles. The molecule has 1 aromatic heterocycles. The predicted molar refractivity (Wildman–Crippen MR) is 122 cm³/mol. The zero-order valence-electron chi connectivity index (χ0n) is 17.4. The molecule has 1 N–H and O–H groups in total. The van der Waals surface area contributed by atoms with Crippen LogP contribution in [-0.4, -0.2) is 10.5 Å². The minimum absolute atomic E-state index is 0.147. The van der Waals surface area contributed by atoms with Crippen LogP contribution in [0.25, 0.3) is 5.69 Å². The van der Waals surface area contributed by atoms with Crippen molar-refractivity contribution < 1.29 is 4.79 Å². The van der Waals surface area contributed by atoms with E-state index < -0.39 is 5.91 Å². The van der Waals surface area contributed by atoms with E-state index in [-0.39, 0.29) is 11.0 Å². The lowest BCUT2D eigenvalue weighted by atomic mass is 10.0. The van der Waals surface area contributed by atoms with Gasteiger partial charge in [-0.15, -0.1) is 0 Å². The minimum atomic E-state index is -0.390. The summed E-state index contributed by atoms with van der Waals surface area (Å²) >= 11 is 3.41. The highest BCUT2D eigenvalue weighted by Gasteiger charge is 2.23. The number of hydrogen-bond donors (Lipinski definition) is 1. The van der Waals surface area contributed by atoms with Gasteiger partial charge in [-0.05, 0) is 78.9 Å². The lowest BCUT2D eigenvalue weighted by Crippen LogP contribution is -2.28. The fraction of sp³-hybridized carbons (Fsp3) is 0.250. The molecule has 0 aliphatic heterocycles. The number of amides is 1. The average Bonchev–Trinajstić information content (AvgIpc) is 2.68. The number of para-hydroxylation sites is 1. The molecule has 0 saturated heterocycles. The smallest absolute Gasteiger partial charge is 0.261 e. The topological polar surface area (TPSA) is 51.1 Å². The van der Waals surface area contributed by atoms with E-state index in [1.807, 2.05) is 81.7 Å². The maximum absolute atomic E-state index is 13.2. The molecule has 0 radical (unpaired) electrons. The van der Waals surface area contributed by atoms with Gasteiger partial charge >= 0.3 is 0 Å². The first-order chi connectivity index (χ1) is 13.8. The standard InChI is InChI=1S/C24H25BrN2O2/c1-6-18-11-8-10-15(3)22(18)26-24(29)20-16(4)27(17(5)21(25)23(20)28)19-12-7-9-14(2)13-19/h7-13H,6H2,1-5H3,(H,26,29). The molecule has 0 atom stereocenters.